The van der Waals surface area contributed by atoms with Gasteiger partial charge in [0.25, 0.3) is 0 Å². The zero-order valence-electron chi connectivity index (χ0n) is 11.8. The minimum Gasteiger partial charge on any atom is -0.393 e. The van der Waals surface area contributed by atoms with Gasteiger partial charge in [0, 0.05) is 0 Å². The molecule has 2 heterocycles. The van der Waals surface area contributed by atoms with Crippen molar-refractivity contribution in [3.05, 3.63) is 0 Å². The first-order valence-electron chi connectivity index (χ1n) is 7.32. The molecule has 2 aliphatic heterocycles. The molecule has 1 saturated carbocycles. The van der Waals surface area contributed by atoms with E-state index in [-0.39, 0.29) is 18.3 Å². The summed E-state index contributed by atoms with van der Waals surface area (Å²) in [5.41, 5.74) is -0.464. The van der Waals surface area contributed by atoms with Crippen LogP contribution < -0.4 is 0 Å². The van der Waals surface area contributed by atoms with Crippen LogP contribution in [0.3, 0.4) is 0 Å². The van der Waals surface area contributed by atoms with Gasteiger partial charge < -0.3 is 14.9 Å². The molecule has 3 rings (SSSR count). The number of hydrogen-bond acceptors (Lipinski definition) is 3. The second-order valence-electron chi connectivity index (χ2n) is 7.64. The Labute approximate surface area is 110 Å². The minimum atomic E-state index is -0.450. The number of rotatable bonds is 1. The summed E-state index contributed by atoms with van der Waals surface area (Å²) in [4.78, 5) is 0. The fourth-order valence-electron chi connectivity index (χ4n) is 4.81. The Bertz CT molecular complexity index is 354. The molecule has 104 valence electrons. The van der Waals surface area contributed by atoms with Crippen LogP contribution in [0.25, 0.3) is 0 Å². The van der Waals surface area contributed by atoms with E-state index < -0.39 is 5.60 Å². The molecule has 3 aliphatic rings. The van der Waals surface area contributed by atoms with Crippen LogP contribution >= 0.6 is 0 Å². The molecule has 2 N–H and O–H groups in total. The van der Waals surface area contributed by atoms with Crippen molar-refractivity contribution in [2.24, 2.45) is 17.3 Å². The molecule has 0 amide bonds. The van der Waals surface area contributed by atoms with E-state index in [9.17, 15) is 10.2 Å². The third-order valence-corrected chi connectivity index (χ3v) is 6.11. The molecule has 0 unspecified atom stereocenters. The standard InChI is InChI=1S/C15H26O3/c1-13(2)8-11-10(13)4-6-14(3)12(17)5-7-15(11,9-16)18-14/h10-12,16-17H,4-9H2,1-3H3/t10-,11-,12-,14-,15+/m1/s1. The van der Waals surface area contributed by atoms with Gasteiger partial charge in [0.15, 0.2) is 0 Å². The fraction of sp³-hybridized carbons (Fsp3) is 1.00. The molecule has 0 aromatic carbocycles. The van der Waals surface area contributed by atoms with Crippen LogP contribution in [0.1, 0.15) is 52.9 Å². The van der Waals surface area contributed by atoms with Crippen molar-refractivity contribution in [1.29, 1.82) is 0 Å². The van der Waals surface area contributed by atoms with Gasteiger partial charge in [-0.05, 0) is 56.3 Å². The Hall–Kier alpha value is -0.120. The lowest BCUT2D eigenvalue weighted by Crippen LogP contribution is -2.62. The first kappa shape index (κ1) is 12.9. The van der Waals surface area contributed by atoms with E-state index in [0.717, 1.165) is 32.1 Å². The van der Waals surface area contributed by atoms with Crippen molar-refractivity contribution in [1.82, 2.24) is 0 Å². The first-order chi connectivity index (χ1) is 8.33. The van der Waals surface area contributed by atoms with Crippen LogP contribution in [-0.4, -0.2) is 34.1 Å². The van der Waals surface area contributed by atoms with E-state index in [1.165, 1.54) is 0 Å². The molecule has 18 heavy (non-hydrogen) atoms. The lowest BCUT2D eigenvalue weighted by molar-refractivity contribution is -0.271. The quantitative estimate of drug-likeness (QED) is 0.753. The highest BCUT2D eigenvalue weighted by atomic mass is 16.5. The summed E-state index contributed by atoms with van der Waals surface area (Å²) in [5.74, 6) is 1.11. The maximum absolute atomic E-state index is 10.2. The molecule has 3 heteroatoms. The molecular formula is C15H26O3. The van der Waals surface area contributed by atoms with Gasteiger partial charge in [-0.1, -0.05) is 13.8 Å². The molecule has 3 nitrogen and oxygen atoms in total. The number of hydrogen-bond donors (Lipinski definition) is 2. The van der Waals surface area contributed by atoms with Crippen molar-refractivity contribution < 1.29 is 14.9 Å². The van der Waals surface area contributed by atoms with Crippen molar-refractivity contribution in [3.8, 4) is 0 Å². The largest absolute Gasteiger partial charge is 0.393 e. The van der Waals surface area contributed by atoms with Crippen LogP contribution in [0.5, 0.6) is 0 Å². The van der Waals surface area contributed by atoms with Gasteiger partial charge in [-0.2, -0.15) is 0 Å². The summed E-state index contributed by atoms with van der Waals surface area (Å²) in [6.07, 6.45) is 4.37. The van der Waals surface area contributed by atoms with Crippen LogP contribution in [0.15, 0.2) is 0 Å². The molecule has 3 fully saturated rings. The molecule has 0 spiro atoms. The lowest BCUT2D eigenvalue weighted by Gasteiger charge is -2.59. The third-order valence-electron chi connectivity index (χ3n) is 6.11. The van der Waals surface area contributed by atoms with Crippen LogP contribution in [0.2, 0.25) is 0 Å². The van der Waals surface area contributed by atoms with E-state index in [4.69, 9.17) is 4.74 Å². The smallest absolute Gasteiger partial charge is 0.0952 e. The molecule has 0 radical (unpaired) electrons. The average Bonchev–Trinajstić information content (AvgIpc) is 2.39. The van der Waals surface area contributed by atoms with Crippen molar-refractivity contribution >= 4 is 0 Å². The van der Waals surface area contributed by atoms with E-state index >= 15 is 0 Å². The van der Waals surface area contributed by atoms with Gasteiger partial charge in [-0.3, -0.25) is 0 Å². The molecular weight excluding hydrogens is 228 g/mol. The maximum atomic E-state index is 10.2. The van der Waals surface area contributed by atoms with Gasteiger partial charge >= 0.3 is 0 Å². The van der Waals surface area contributed by atoms with Crippen molar-refractivity contribution in [2.75, 3.05) is 6.61 Å². The molecule has 2 bridgehead atoms. The Morgan fingerprint density at radius 3 is 2.44 bits per heavy atom. The Morgan fingerprint density at radius 1 is 1.11 bits per heavy atom. The van der Waals surface area contributed by atoms with Crippen molar-refractivity contribution in [3.63, 3.8) is 0 Å². The summed E-state index contributed by atoms with van der Waals surface area (Å²) >= 11 is 0. The SMILES string of the molecule is CC1(C)C[C@@H]2[C@H]1CC[C@@]1(C)O[C@]2(CO)CC[C@H]1O. The van der Waals surface area contributed by atoms with Gasteiger partial charge in [-0.15, -0.1) is 0 Å². The summed E-state index contributed by atoms with van der Waals surface area (Å²) in [6, 6.07) is 0. The predicted octanol–water partition coefficient (Wildman–Crippen LogP) is 2.10. The Kier molecular flexibility index (Phi) is 2.66. The lowest BCUT2D eigenvalue weighted by atomic mass is 9.50. The van der Waals surface area contributed by atoms with E-state index in [2.05, 4.69) is 13.8 Å². The zero-order valence-corrected chi connectivity index (χ0v) is 11.8. The maximum Gasteiger partial charge on any atom is 0.0952 e. The average molecular weight is 254 g/mol. The fourth-order valence-corrected chi connectivity index (χ4v) is 4.81. The van der Waals surface area contributed by atoms with Crippen LogP contribution in [-0.2, 0) is 4.74 Å². The second kappa shape index (κ2) is 3.71. The van der Waals surface area contributed by atoms with Crippen LogP contribution in [0.4, 0.5) is 0 Å². The summed E-state index contributed by atoms with van der Waals surface area (Å²) in [5, 5.41) is 20.1. The first-order valence-corrected chi connectivity index (χ1v) is 7.32. The van der Waals surface area contributed by atoms with E-state index in [1.807, 2.05) is 6.92 Å². The van der Waals surface area contributed by atoms with Crippen molar-refractivity contribution in [2.45, 2.75) is 70.2 Å². The highest BCUT2D eigenvalue weighted by Gasteiger charge is 2.62. The van der Waals surface area contributed by atoms with E-state index in [1.54, 1.807) is 0 Å². The predicted molar refractivity (Wildman–Crippen MR) is 69.2 cm³/mol. The number of fused-ring (bicyclic) bond motifs is 4. The number of ether oxygens (including phenoxy) is 1. The van der Waals surface area contributed by atoms with Gasteiger partial charge in [-0.25, -0.2) is 0 Å². The molecule has 5 atom stereocenters. The monoisotopic (exact) mass is 254 g/mol. The number of aliphatic hydroxyl groups is 2. The second-order valence-corrected chi connectivity index (χ2v) is 7.64. The number of aliphatic hydroxyl groups excluding tert-OH is 2. The molecule has 0 aromatic rings. The van der Waals surface area contributed by atoms with Crippen LogP contribution in [0, 0.1) is 17.3 Å². The third kappa shape index (κ3) is 1.53. The minimum absolute atomic E-state index is 0.104. The topological polar surface area (TPSA) is 49.7 Å². The van der Waals surface area contributed by atoms with Gasteiger partial charge in [0.05, 0.1) is 23.9 Å². The Balaban J connectivity index is 1.96. The molecule has 1 aliphatic carbocycles. The highest BCUT2D eigenvalue weighted by Crippen LogP contribution is 2.62. The summed E-state index contributed by atoms with van der Waals surface area (Å²) in [6.45, 7) is 6.78. The molecule has 0 aromatic heterocycles. The van der Waals surface area contributed by atoms with Gasteiger partial charge in [0.1, 0.15) is 0 Å². The summed E-state index contributed by atoms with van der Waals surface area (Å²) in [7, 11) is 0. The summed E-state index contributed by atoms with van der Waals surface area (Å²) < 4.78 is 6.31. The normalized spacial score (nSPS) is 54.2. The van der Waals surface area contributed by atoms with Gasteiger partial charge in [0.2, 0.25) is 0 Å². The van der Waals surface area contributed by atoms with E-state index in [0.29, 0.717) is 17.3 Å². The highest BCUT2D eigenvalue weighted by molar-refractivity contribution is 5.11. The molecule has 2 saturated heterocycles. The Morgan fingerprint density at radius 2 is 1.83 bits per heavy atom. The zero-order chi connectivity index (χ0) is 13.2.